The van der Waals surface area contributed by atoms with Gasteiger partial charge in [-0.25, -0.2) is 13.8 Å². The summed E-state index contributed by atoms with van der Waals surface area (Å²) in [4.78, 5) is 16.9. The summed E-state index contributed by atoms with van der Waals surface area (Å²) in [6.07, 6.45) is 0. The fraction of sp³-hybridized carbons (Fsp3) is 0.0833. The lowest BCUT2D eigenvalue weighted by Gasteiger charge is -2.07. The molecule has 0 aliphatic rings. The molecule has 1 amide bonds. The van der Waals surface area contributed by atoms with Crippen molar-refractivity contribution in [1.82, 2.24) is 4.98 Å². The molecule has 0 aliphatic carbocycles. The Morgan fingerprint density at radius 2 is 1.69 bits per heavy atom. The zero-order valence-corrected chi connectivity index (χ0v) is 17.8. The van der Waals surface area contributed by atoms with Crippen LogP contribution in [0.3, 0.4) is 0 Å². The smallest absolute Gasteiger partial charge is 0.275 e. The number of halogens is 2. The molecule has 0 saturated carbocycles. The van der Waals surface area contributed by atoms with Gasteiger partial charge in [0.25, 0.3) is 5.91 Å². The summed E-state index contributed by atoms with van der Waals surface area (Å²) in [6, 6.07) is 17.8. The van der Waals surface area contributed by atoms with Gasteiger partial charge in [-0.2, -0.15) is 0 Å². The van der Waals surface area contributed by atoms with Crippen molar-refractivity contribution in [3.05, 3.63) is 95.0 Å². The van der Waals surface area contributed by atoms with E-state index in [0.717, 1.165) is 17.7 Å². The first kappa shape index (κ1) is 21.5. The van der Waals surface area contributed by atoms with Crippen LogP contribution in [0, 0.1) is 11.6 Å². The lowest BCUT2D eigenvalue weighted by atomic mass is 10.2. The molecule has 0 aliphatic heterocycles. The number of benzene rings is 3. The third kappa shape index (κ3) is 5.09. The number of hydrogen-bond acceptors (Lipinski definition) is 5. The van der Waals surface area contributed by atoms with E-state index < -0.39 is 11.6 Å². The number of aromatic nitrogens is 1. The molecule has 0 atom stereocenters. The van der Waals surface area contributed by atoms with Crippen molar-refractivity contribution >= 4 is 22.9 Å². The van der Waals surface area contributed by atoms with Gasteiger partial charge in [-0.3, -0.25) is 4.79 Å². The van der Waals surface area contributed by atoms with Gasteiger partial charge in [0.2, 0.25) is 0 Å². The van der Waals surface area contributed by atoms with Gasteiger partial charge < -0.3 is 14.8 Å². The van der Waals surface area contributed by atoms with Crippen molar-refractivity contribution < 1.29 is 23.0 Å². The summed E-state index contributed by atoms with van der Waals surface area (Å²) in [5.74, 6) is -0.816. The number of hydrogen-bond donors (Lipinski definition) is 1. The third-order valence-electron chi connectivity index (χ3n) is 4.58. The van der Waals surface area contributed by atoms with E-state index >= 15 is 0 Å². The Bertz CT molecular complexity index is 1220. The predicted octanol–water partition coefficient (Wildman–Crippen LogP) is 5.93. The molecule has 0 saturated heterocycles. The predicted molar refractivity (Wildman–Crippen MR) is 119 cm³/mol. The van der Waals surface area contributed by atoms with E-state index in [1.807, 2.05) is 12.1 Å². The molecule has 1 aromatic heterocycles. The van der Waals surface area contributed by atoms with Gasteiger partial charge in [-0.1, -0.05) is 6.07 Å². The minimum absolute atomic E-state index is 0.115. The average molecular weight is 452 g/mol. The van der Waals surface area contributed by atoms with Crippen LogP contribution in [-0.2, 0) is 6.61 Å². The van der Waals surface area contributed by atoms with Gasteiger partial charge in [-0.15, -0.1) is 11.3 Å². The highest BCUT2D eigenvalue weighted by molar-refractivity contribution is 7.13. The van der Waals surface area contributed by atoms with Crippen molar-refractivity contribution in [2.75, 3.05) is 12.4 Å². The van der Waals surface area contributed by atoms with Crippen molar-refractivity contribution in [2.45, 2.75) is 6.61 Å². The minimum Gasteiger partial charge on any atom is -0.497 e. The molecule has 0 spiro atoms. The molecule has 4 aromatic rings. The highest BCUT2D eigenvalue weighted by Gasteiger charge is 2.12. The van der Waals surface area contributed by atoms with Crippen LogP contribution in [-0.4, -0.2) is 18.0 Å². The van der Waals surface area contributed by atoms with Crippen molar-refractivity contribution in [3.8, 4) is 22.1 Å². The molecule has 1 heterocycles. The average Bonchev–Trinajstić information content (AvgIpc) is 3.31. The number of nitrogens with zero attached hydrogens (tertiary/aromatic N) is 1. The monoisotopic (exact) mass is 452 g/mol. The molecule has 32 heavy (non-hydrogen) atoms. The number of carbonyl (C=O) groups excluding carboxylic acids is 1. The molecule has 0 unspecified atom stereocenters. The fourth-order valence-electron chi connectivity index (χ4n) is 2.87. The summed E-state index contributed by atoms with van der Waals surface area (Å²) in [5, 5.41) is 5.19. The van der Waals surface area contributed by atoms with Crippen molar-refractivity contribution in [3.63, 3.8) is 0 Å². The summed E-state index contributed by atoms with van der Waals surface area (Å²) in [7, 11) is 1.58. The molecule has 3 aromatic carbocycles. The standard InChI is InChI=1S/C24H18F2N2O3S/c1-30-18-9-5-17(6-10-18)27-23(29)22-14-32-24(28-22)16-3-7-19(8-4-16)31-13-15-2-11-20(25)21(26)12-15/h2-12,14H,13H2,1H3,(H,27,29). The Hall–Kier alpha value is -3.78. The Balaban J connectivity index is 1.37. The lowest BCUT2D eigenvalue weighted by molar-refractivity contribution is 0.102. The largest absolute Gasteiger partial charge is 0.497 e. The first-order valence-corrected chi connectivity index (χ1v) is 10.5. The van der Waals surface area contributed by atoms with Crippen LogP contribution in [0.1, 0.15) is 16.1 Å². The highest BCUT2D eigenvalue weighted by Crippen LogP contribution is 2.27. The van der Waals surface area contributed by atoms with Crippen LogP contribution < -0.4 is 14.8 Å². The van der Waals surface area contributed by atoms with Crippen molar-refractivity contribution in [2.24, 2.45) is 0 Å². The molecule has 1 N–H and O–H groups in total. The number of ether oxygens (including phenoxy) is 2. The maximum Gasteiger partial charge on any atom is 0.275 e. The van der Waals surface area contributed by atoms with Crippen LogP contribution in [0.25, 0.3) is 10.6 Å². The molecule has 0 bridgehead atoms. The van der Waals surface area contributed by atoms with Gasteiger partial charge in [-0.05, 0) is 66.2 Å². The SMILES string of the molecule is COc1ccc(NC(=O)c2csc(-c3ccc(OCc4ccc(F)c(F)c4)cc3)n2)cc1. The molecular weight excluding hydrogens is 434 g/mol. The number of amides is 1. The zero-order chi connectivity index (χ0) is 22.5. The van der Waals surface area contributed by atoms with Crippen LogP contribution in [0.4, 0.5) is 14.5 Å². The van der Waals surface area contributed by atoms with E-state index in [0.29, 0.717) is 33.5 Å². The van der Waals surface area contributed by atoms with E-state index in [4.69, 9.17) is 9.47 Å². The van der Waals surface area contributed by atoms with Gasteiger partial charge >= 0.3 is 0 Å². The number of carbonyl (C=O) groups is 1. The van der Waals surface area contributed by atoms with E-state index in [9.17, 15) is 13.6 Å². The van der Waals surface area contributed by atoms with E-state index in [2.05, 4.69) is 10.3 Å². The Kier molecular flexibility index (Phi) is 6.42. The second kappa shape index (κ2) is 9.57. The number of anilines is 1. The molecule has 4 rings (SSSR count). The number of thiazole rings is 1. The van der Waals surface area contributed by atoms with E-state index in [-0.39, 0.29) is 12.5 Å². The maximum atomic E-state index is 13.3. The number of rotatable bonds is 7. The van der Waals surface area contributed by atoms with E-state index in [1.54, 1.807) is 48.9 Å². The molecule has 0 fully saturated rings. The van der Waals surface area contributed by atoms with Gasteiger partial charge in [0.05, 0.1) is 7.11 Å². The summed E-state index contributed by atoms with van der Waals surface area (Å²) in [5.41, 5.74) is 2.33. The zero-order valence-electron chi connectivity index (χ0n) is 17.0. The number of nitrogens with one attached hydrogen (secondary N) is 1. The van der Waals surface area contributed by atoms with Gasteiger partial charge in [0.15, 0.2) is 11.6 Å². The third-order valence-corrected chi connectivity index (χ3v) is 5.47. The van der Waals surface area contributed by atoms with E-state index in [1.165, 1.54) is 17.4 Å². The molecule has 5 nitrogen and oxygen atoms in total. The second-order valence-electron chi connectivity index (χ2n) is 6.78. The van der Waals surface area contributed by atoms with Crippen molar-refractivity contribution in [1.29, 1.82) is 0 Å². The van der Waals surface area contributed by atoms with Crippen LogP contribution in [0.15, 0.2) is 72.1 Å². The first-order chi connectivity index (χ1) is 15.5. The first-order valence-electron chi connectivity index (χ1n) is 9.60. The highest BCUT2D eigenvalue weighted by atomic mass is 32.1. The van der Waals surface area contributed by atoms with Crippen LogP contribution in [0.2, 0.25) is 0 Å². The summed E-state index contributed by atoms with van der Waals surface area (Å²) >= 11 is 1.36. The fourth-order valence-corrected chi connectivity index (χ4v) is 3.68. The topological polar surface area (TPSA) is 60.5 Å². The maximum absolute atomic E-state index is 13.3. The van der Waals surface area contributed by atoms with Crippen LogP contribution in [0.5, 0.6) is 11.5 Å². The molecule has 8 heteroatoms. The normalized spacial score (nSPS) is 10.6. The Labute approximate surface area is 187 Å². The van der Waals surface area contributed by atoms with Gasteiger partial charge in [0.1, 0.15) is 28.8 Å². The van der Waals surface area contributed by atoms with Gasteiger partial charge in [0, 0.05) is 16.6 Å². The Morgan fingerprint density at radius 1 is 0.969 bits per heavy atom. The number of methoxy groups -OCH3 is 1. The second-order valence-corrected chi connectivity index (χ2v) is 7.64. The van der Waals surface area contributed by atoms with Crippen LogP contribution >= 0.6 is 11.3 Å². The Morgan fingerprint density at radius 3 is 2.38 bits per heavy atom. The summed E-state index contributed by atoms with van der Waals surface area (Å²) < 4.78 is 37.0. The quantitative estimate of drug-likeness (QED) is 0.378. The molecular formula is C24H18F2N2O3S. The lowest BCUT2D eigenvalue weighted by Crippen LogP contribution is -2.12. The summed E-state index contributed by atoms with van der Waals surface area (Å²) in [6.45, 7) is 0.115. The molecule has 162 valence electrons. The minimum atomic E-state index is -0.906. The molecule has 0 radical (unpaired) electrons.